The number of hydrogen-bond donors (Lipinski definition) is 1. The SMILES string of the molecule is CCC1=CC(C)(C)N2CCCc3c4c(cc1c32)C1(c2cc3c5c(c2O4)CCCN5C(C)(C)C=C3CS(=O)(=O)O)c2c(Cl)ccc(Cl)c2C(=O)N1CCN1CCN(C(=O)CCOCCOCCOCCOCCC(=O)ON2C(=O)CCC2=O)CC1. The Morgan fingerprint density at radius 1 is 0.667 bits per heavy atom. The van der Waals surface area contributed by atoms with E-state index >= 15 is 4.79 Å². The van der Waals surface area contributed by atoms with Crippen LogP contribution in [0.2, 0.25) is 10.0 Å². The molecule has 1 atom stereocenters. The molecule has 0 aliphatic carbocycles. The van der Waals surface area contributed by atoms with Crippen molar-refractivity contribution in [1.29, 1.82) is 0 Å². The Morgan fingerprint density at radius 3 is 1.73 bits per heavy atom. The molecule has 2 saturated heterocycles. The third-order valence-electron chi connectivity index (χ3n) is 17.6. The average Bonchev–Trinajstić information content (AvgIpc) is 1.30. The molecule has 84 heavy (non-hydrogen) atoms. The lowest BCUT2D eigenvalue weighted by molar-refractivity contribution is -0.198. The van der Waals surface area contributed by atoms with Crippen LogP contribution in [0, 0.1) is 0 Å². The zero-order chi connectivity index (χ0) is 59.5. The van der Waals surface area contributed by atoms with Gasteiger partial charge in [0, 0.05) is 109 Å². The van der Waals surface area contributed by atoms with Crippen LogP contribution >= 0.6 is 23.2 Å². The maximum absolute atomic E-state index is 15.8. The van der Waals surface area contributed by atoms with E-state index in [-0.39, 0.29) is 81.0 Å². The van der Waals surface area contributed by atoms with Gasteiger partial charge in [0.2, 0.25) is 5.91 Å². The number of carbonyl (C=O) groups is 5. The van der Waals surface area contributed by atoms with E-state index in [1.807, 2.05) is 21.9 Å². The fourth-order valence-electron chi connectivity index (χ4n) is 13.9. The topological polar surface area (TPSA) is 215 Å². The highest BCUT2D eigenvalue weighted by Crippen LogP contribution is 2.65. The molecule has 20 nitrogen and oxygen atoms in total. The van der Waals surface area contributed by atoms with Crippen molar-refractivity contribution in [2.45, 2.75) is 109 Å². The van der Waals surface area contributed by atoms with Gasteiger partial charge in [0.25, 0.3) is 27.8 Å². The number of fused-ring (bicyclic) bond motifs is 8. The highest BCUT2D eigenvalue weighted by Gasteiger charge is 2.60. The molecule has 8 heterocycles. The molecule has 1 N–H and O–H groups in total. The van der Waals surface area contributed by atoms with Gasteiger partial charge >= 0.3 is 5.97 Å². The van der Waals surface area contributed by atoms with Crippen molar-refractivity contribution in [2.75, 3.05) is 121 Å². The number of anilines is 2. The van der Waals surface area contributed by atoms with E-state index in [0.717, 1.165) is 72.4 Å². The number of nitrogens with zero attached hydrogens (tertiary/aromatic N) is 6. The van der Waals surface area contributed by atoms with Crippen molar-refractivity contribution in [3.8, 4) is 11.5 Å². The van der Waals surface area contributed by atoms with Gasteiger partial charge in [-0.3, -0.25) is 28.6 Å². The van der Waals surface area contributed by atoms with Crippen LogP contribution in [-0.2, 0) is 71.5 Å². The zero-order valence-corrected chi connectivity index (χ0v) is 50.8. The van der Waals surface area contributed by atoms with Crippen LogP contribution in [-0.4, -0.2) is 184 Å². The van der Waals surface area contributed by atoms with E-state index in [1.165, 1.54) is 5.57 Å². The zero-order valence-electron chi connectivity index (χ0n) is 48.5. The van der Waals surface area contributed by atoms with Gasteiger partial charge in [-0.1, -0.05) is 42.3 Å². The molecule has 0 bridgehead atoms. The molecule has 0 aromatic heterocycles. The number of piperazine rings is 1. The number of benzene rings is 3. The van der Waals surface area contributed by atoms with Crippen molar-refractivity contribution < 1.29 is 65.5 Å². The quantitative estimate of drug-likeness (QED) is 0.0582. The maximum atomic E-state index is 15.8. The Bertz CT molecular complexity index is 3340. The molecule has 1 spiro atoms. The van der Waals surface area contributed by atoms with Crippen molar-refractivity contribution >= 4 is 85.4 Å². The molecular weight excluding hydrogens is 1140 g/mol. The van der Waals surface area contributed by atoms with Crippen LogP contribution in [0.25, 0.3) is 11.1 Å². The van der Waals surface area contributed by atoms with E-state index < -0.39 is 44.7 Å². The van der Waals surface area contributed by atoms with Gasteiger partial charge < -0.3 is 48.1 Å². The van der Waals surface area contributed by atoms with E-state index in [9.17, 15) is 32.1 Å². The Balaban J connectivity index is 0.785. The second kappa shape index (κ2) is 23.9. The first-order chi connectivity index (χ1) is 40.1. The smallest absolute Gasteiger partial charge is 0.335 e. The number of ether oxygens (including phenoxy) is 5. The van der Waals surface area contributed by atoms with Crippen molar-refractivity contribution in [2.24, 2.45) is 0 Å². The summed E-state index contributed by atoms with van der Waals surface area (Å²) >= 11 is 14.8. The van der Waals surface area contributed by atoms with Crippen molar-refractivity contribution in [3.05, 3.63) is 91.0 Å². The molecule has 3 aromatic carbocycles. The summed E-state index contributed by atoms with van der Waals surface area (Å²) in [7, 11) is -4.50. The van der Waals surface area contributed by atoms with Crippen molar-refractivity contribution in [1.82, 2.24) is 19.8 Å². The minimum absolute atomic E-state index is 0.0184. The fourth-order valence-corrected chi connectivity index (χ4v) is 15.0. The second-order valence-corrected chi connectivity index (χ2v) is 26.0. The monoisotopic (exact) mass is 1220 g/mol. The number of hydroxylamine groups is 2. The van der Waals surface area contributed by atoms with Gasteiger partial charge in [0.1, 0.15) is 22.8 Å². The predicted octanol–water partition coefficient (Wildman–Crippen LogP) is 7.60. The summed E-state index contributed by atoms with van der Waals surface area (Å²) in [5, 5.41) is 1.13. The molecule has 8 aliphatic heterocycles. The number of rotatable bonds is 22. The minimum Gasteiger partial charge on any atom is -0.456 e. The molecule has 11 rings (SSSR count). The first kappa shape index (κ1) is 60.1. The number of amides is 4. The van der Waals surface area contributed by atoms with E-state index in [2.05, 4.69) is 61.5 Å². The van der Waals surface area contributed by atoms with Gasteiger partial charge in [-0.2, -0.15) is 8.42 Å². The molecule has 8 aliphatic rings. The summed E-state index contributed by atoms with van der Waals surface area (Å²) in [4.78, 5) is 80.1. The third-order valence-corrected chi connectivity index (χ3v) is 18.9. The molecule has 3 aromatic rings. The van der Waals surface area contributed by atoms with Crippen LogP contribution in [0.1, 0.15) is 129 Å². The summed E-state index contributed by atoms with van der Waals surface area (Å²) in [6, 6.07) is 7.66. The molecule has 2 fully saturated rings. The lowest BCUT2D eigenvalue weighted by atomic mass is 9.69. The van der Waals surface area contributed by atoms with Gasteiger partial charge in [0.15, 0.2) is 0 Å². The van der Waals surface area contributed by atoms with Gasteiger partial charge in [0.05, 0.1) is 98.7 Å². The predicted molar refractivity (Wildman–Crippen MR) is 315 cm³/mol. The first-order valence-corrected chi connectivity index (χ1v) is 31.7. The second-order valence-electron chi connectivity index (χ2n) is 23.8. The summed E-state index contributed by atoms with van der Waals surface area (Å²) in [5.41, 5.74) is 7.38. The largest absolute Gasteiger partial charge is 0.456 e. The number of carbonyl (C=O) groups excluding carboxylic acids is 5. The van der Waals surface area contributed by atoms with Crippen LogP contribution in [0.3, 0.4) is 0 Å². The highest BCUT2D eigenvalue weighted by atomic mass is 35.5. The summed E-state index contributed by atoms with van der Waals surface area (Å²) < 4.78 is 66.2. The number of imide groups is 1. The molecule has 1 unspecified atom stereocenters. The van der Waals surface area contributed by atoms with E-state index in [0.29, 0.717) is 115 Å². The van der Waals surface area contributed by atoms with Crippen LogP contribution in [0.15, 0.2) is 36.4 Å². The van der Waals surface area contributed by atoms with Crippen LogP contribution < -0.4 is 14.5 Å². The van der Waals surface area contributed by atoms with Crippen LogP contribution in [0.5, 0.6) is 11.5 Å². The fraction of sp³-hybridized carbons (Fsp3) is 0.557. The molecule has 23 heteroatoms. The van der Waals surface area contributed by atoms with Crippen molar-refractivity contribution in [3.63, 3.8) is 0 Å². The Morgan fingerprint density at radius 2 is 1.18 bits per heavy atom. The molecule has 0 radical (unpaired) electrons. The van der Waals surface area contributed by atoms with Crippen LogP contribution in [0.4, 0.5) is 11.4 Å². The van der Waals surface area contributed by atoms with E-state index in [1.54, 1.807) is 12.1 Å². The Labute approximate surface area is 500 Å². The molecule has 4 amide bonds. The number of allylic oxidation sites excluding steroid dienone is 1. The van der Waals surface area contributed by atoms with Gasteiger partial charge in [-0.15, -0.1) is 5.06 Å². The molecule has 0 saturated carbocycles. The third kappa shape index (κ3) is 11.1. The van der Waals surface area contributed by atoms with Gasteiger partial charge in [-0.05, 0) is 95.2 Å². The first-order valence-electron chi connectivity index (χ1n) is 29.4. The minimum atomic E-state index is -4.50. The molecule has 452 valence electrons. The Kier molecular flexibility index (Phi) is 17.1. The highest BCUT2D eigenvalue weighted by molar-refractivity contribution is 7.86. The molecular formula is C61H74Cl2N6O14S. The van der Waals surface area contributed by atoms with Gasteiger partial charge in [-0.25, -0.2) is 4.79 Å². The Hall–Kier alpha value is -5.62. The summed E-state index contributed by atoms with van der Waals surface area (Å²) in [5.74, 6) is -1.39. The normalized spacial score (nSPS) is 21.0. The maximum Gasteiger partial charge on any atom is 0.335 e. The number of hydrogen-bond acceptors (Lipinski definition) is 16. The standard InChI is InChI=1S/C61H74Cl2N6O14S/c1-6-38-35-59(2,3)66-17-7-9-40-54(66)42(38)33-44-56(40)82-57-41-10-8-18-67-55(41)43(39(36-60(67,4)5)37-84(75,76)77)34-45(57)61(44)53-47(63)12-11-46(62)52(53)58(74)68(61)24-21-64-19-22-65(23-20-64)48(70)15-25-78-27-29-80-31-32-81-30-28-79-26-16-51(73)83-69-49(71)13-14-50(69)72/h11-12,33-36H,6-10,13-32,37H2,1-5H3,(H,75,76,77). The summed E-state index contributed by atoms with van der Waals surface area (Å²) in [6.45, 7) is 17.2. The summed E-state index contributed by atoms with van der Waals surface area (Å²) in [6.07, 6.45) is 8.27. The lowest BCUT2D eigenvalue weighted by Crippen LogP contribution is -2.54. The number of halogens is 2. The average molecular weight is 1220 g/mol. The van der Waals surface area contributed by atoms with E-state index in [4.69, 9.17) is 51.7 Å². The lowest BCUT2D eigenvalue weighted by Gasteiger charge is -2.52.